The van der Waals surface area contributed by atoms with Crippen LogP contribution in [0.25, 0.3) is 12.2 Å². The first kappa shape index (κ1) is 22.4. The molecule has 0 bridgehead atoms. The summed E-state index contributed by atoms with van der Waals surface area (Å²) in [6.07, 6.45) is 4.27. The lowest BCUT2D eigenvalue weighted by Gasteiger charge is -2.10. The molecule has 4 heteroatoms. The summed E-state index contributed by atoms with van der Waals surface area (Å²) in [6.45, 7) is 11.9. The topological polar surface area (TPSA) is 33.2 Å². The standard InChI is InChI=1S/C20H24N2.2ClH/c1-4-17-8-6-10-19(12-17)14-21-16(3)22-15-20-11-7-9-18(5-2)13-20;;/h4-13,16,21-22H,1-2,14-15H2,3H3;2*1H. The van der Waals surface area contributed by atoms with Crippen molar-refractivity contribution in [2.24, 2.45) is 0 Å². The molecule has 0 aliphatic rings. The van der Waals surface area contributed by atoms with Crippen molar-refractivity contribution in [1.82, 2.24) is 0 Å². The zero-order valence-electron chi connectivity index (χ0n) is 14.1. The molecule has 0 aliphatic carbocycles. The Labute approximate surface area is 157 Å². The predicted octanol–water partition coefficient (Wildman–Crippen LogP) is -3.85. The van der Waals surface area contributed by atoms with Crippen molar-refractivity contribution in [3.05, 3.63) is 83.9 Å². The van der Waals surface area contributed by atoms with E-state index in [0.717, 1.165) is 13.1 Å². The van der Waals surface area contributed by atoms with E-state index in [0.29, 0.717) is 6.17 Å². The van der Waals surface area contributed by atoms with Crippen molar-refractivity contribution in [3.8, 4) is 0 Å². The molecule has 2 nitrogen and oxygen atoms in total. The van der Waals surface area contributed by atoms with Crippen molar-refractivity contribution < 1.29 is 35.4 Å². The summed E-state index contributed by atoms with van der Waals surface area (Å²) in [7, 11) is 0. The van der Waals surface area contributed by atoms with E-state index in [-0.39, 0.29) is 24.8 Å². The van der Waals surface area contributed by atoms with Crippen molar-refractivity contribution in [1.29, 1.82) is 0 Å². The molecule has 2 aromatic rings. The maximum atomic E-state index is 3.82. The second kappa shape index (κ2) is 11.9. The summed E-state index contributed by atoms with van der Waals surface area (Å²) >= 11 is 0. The van der Waals surface area contributed by atoms with Gasteiger partial charge in [-0.2, -0.15) is 0 Å². The maximum absolute atomic E-state index is 3.82. The quantitative estimate of drug-likeness (QED) is 0.450. The van der Waals surface area contributed by atoms with Gasteiger partial charge in [0, 0.05) is 18.1 Å². The molecule has 0 saturated heterocycles. The molecule has 0 spiro atoms. The van der Waals surface area contributed by atoms with Crippen LogP contribution in [0.5, 0.6) is 0 Å². The zero-order chi connectivity index (χ0) is 15.8. The summed E-state index contributed by atoms with van der Waals surface area (Å²) in [4.78, 5) is 0. The Balaban J connectivity index is 0.00000264. The fourth-order valence-electron chi connectivity index (χ4n) is 2.43. The largest absolute Gasteiger partial charge is 1.00 e. The van der Waals surface area contributed by atoms with Gasteiger partial charge in [0.1, 0.15) is 13.1 Å². The minimum atomic E-state index is 0. The molecule has 0 heterocycles. The number of hydrogen-bond donors (Lipinski definition) is 2. The normalized spacial score (nSPS) is 9.75. The first-order valence-electron chi connectivity index (χ1n) is 7.80. The van der Waals surface area contributed by atoms with Crippen LogP contribution in [0.1, 0.15) is 29.2 Å². The van der Waals surface area contributed by atoms with Gasteiger partial charge in [-0.3, -0.25) is 10.6 Å². The van der Waals surface area contributed by atoms with Gasteiger partial charge in [-0.1, -0.05) is 61.7 Å². The average molecular weight is 365 g/mol. The number of rotatable bonds is 8. The third-order valence-corrected chi connectivity index (χ3v) is 3.82. The monoisotopic (exact) mass is 364 g/mol. The predicted molar refractivity (Wildman–Crippen MR) is 93.8 cm³/mol. The van der Waals surface area contributed by atoms with Crippen molar-refractivity contribution in [2.75, 3.05) is 0 Å². The lowest BCUT2D eigenvalue weighted by atomic mass is 10.1. The number of quaternary nitrogens is 2. The summed E-state index contributed by atoms with van der Waals surface area (Å²) < 4.78 is 0. The van der Waals surface area contributed by atoms with E-state index >= 15 is 0 Å². The van der Waals surface area contributed by atoms with Gasteiger partial charge >= 0.3 is 0 Å². The highest BCUT2D eigenvalue weighted by Crippen LogP contribution is 2.05. The number of hydrogen-bond acceptors (Lipinski definition) is 0. The van der Waals surface area contributed by atoms with E-state index in [2.05, 4.69) is 79.2 Å². The van der Waals surface area contributed by atoms with E-state index in [1.54, 1.807) is 0 Å². The first-order chi connectivity index (χ1) is 10.7. The van der Waals surface area contributed by atoms with E-state index in [1.807, 2.05) is 12.2 Å². The van der Waals surface area contributed by atoms with E-state index in [9.17, 15) is 0 Å². The van der Waals surface area contributed by atoms with Crippen LogP contribution in [-0.2, 0) is 13.1 Å². The van der Waals surface area contributed by atoms with Crippen molar-refractivity contribution in [2.45, 2.75) is 26.2 Å². The molecule has 0 aromatic heterocycles. The van der Waals surface area contributed by atoms with Gasteiger partial charge in [0.2, 0.25) is 6.17 Å². The Morgan fingerprint density at radius 2 is 1.25 bits per heavy atom. The van der Waals surface area contributed by atoms with Crippen LogP contribution in [0.2, 0.25) is 0 Å². The van der Waals surface area contributed by atoms with Gasteiger partial charge in [0.25, 0.3) is 0 Å². The van der Waals surface area contributed by atoms with Crippen molar-refractivity contribution in [3.63, 3.8) is 0 Å². The summed E-state index contributed by atoms with van der Waals surface area (Å²) in [5, 5.41) is 4.72. The molecule has 0 aliphatic heterocycles. The van der Waals surface area contributed by atoms with Gasteiger partial charge in [-0.25, -0.2) is 0 Å². The summed E-state index contributed by atoms with van der Waals surface area (Å²) in [5.74, 6) is 0. The zero-order valence-corrected chi connectivity index (χ0v) is 15.6. The van der Waals surface area contributed by atoms with Gasteiger partial charge in [0.05, 0.1) is 0 Å². The molecule has 24 heavy (non-hydrogen) atoms. The van der Waals surface area contributed by atoms with Crippen LogP contribution in [0.15, 0.2) is 61.7 Å². The fraction of sp³-hybridized carbons (Fsp3) is 0.200. The minimum absolute atomic E-state index is 0. The Morgan fingerprint density at radius 1 is 0.833 bits per heavy atom. The van der Waals surface area contributed by atoms with Crippen molar-refractivity contribution >= 4 is 12.2 Å². The highest BCUT2D eigenvalue weighted by Gasteiger charge is 2.08. The molecule has 0 saturated carbocycles. The maximum Gasteiger partial charge on any atom is 0.208 e. The average Bonchev–Trinajstić information content (AvgIpc) is 2.58. The van der Waals surface area contributed by atoms with Crippen LogP contribution >= 0.6 is 0 Å². The second-order valence-electron chi connectivity index (χ2n) is 5.64. The molecular formula is C20H26Cl2N2. The van der Waals surface area contributed by atoms with Gasteiger partial charge < -0.3 is 24.8 Å². The number of nitrogens with two attached hydrogens (primary N) is 2. The van der Waals surface area contributed by atoms with Crippen LogP contribution in [0.4, 0.5) is 0 Å². The number of benzene rings is 2. The molecule has 0 fully saturated rings. The fourth-order valence-corrected chi connectivity index (χ4v) is 2.43. The minimum Gasteiger partial charge on any atom is -1.00 e. The molecular weight excluding hydrogens is 339 g/mol. The lowest BCUT2D eigenvalue weighted by molar-refractivity contribution is -0.912. The molecule has 0 unspecified atom stereocenters. The first-order valence-corrected chi connectivity index (χ1v) is 7.80. The third-order valence-electron chi connectivity index (χ3n) is 3.82. The highest BCUT2D eigenvalue weighted by atomic mass is 35.5. The highest BCUT2D eigenvalue weighted by molar-refractivity contribution is 5.48. The summed E-state index contributed by atoms with van der Waals surface area (Å²) in [5.41, 5.74) is 5.05. The molecule has 4 N–H and O–H groups in total. The van der Waals surface area contributed by atoms with Crippen LogP contribution < -0.4 is 35.4 Å². The SMILES string of the molecule is C=Cc1cccc(C[NH2+]C(C)[NH2+]Cc2cccc(C=C)c2)c1.[Cl-].[Cl-]. The van der Waals surface area contributed by atoms with Crippen LogP contribution in [-0.4, -0.2) is 6.17 Å². The molecule has 130 valence electrons. The smallest absolute Gasteiger partial charge is 0.208 e. The Bertz CT molecular complexity index is 586. The third kappa shape index (κ3) is 7.33. The Kier molecular flexibility index (Phi) is 11.1. The number of halogens is 2. The van der Waals surface area contributed by atoms with Crippen LogP contribution in [0, 0.1) is 0 Å². The van der Waals surface area contributed by atoms with Gasteiger partial charge in [0.15, 0.2) is 0 Å². The van der Waals surface area contributed by atoms with E-state index in [4.69, 9.17) is 0 Å². The van der Waals surface area contributed by atoms with Gasteiger partial charge in [-0.05, 0) is 23.3 Å². The summed E-state index contributed by atoms with van der Waals surface area (Å²) in [6, 6.07) is 17.1. The molecule has 0 radical (unpaired) electrons. The molecule has 0 amide bonds. The second-order valence-corrected chi connectivity index (χ2v) is 5.64. The molecule has 0 atom stereocenters. The Hall–Kier alpha value is -1.58. The van der Waals surface area contributed by atoms with Crippen LogP contribution in [0.3, 0.4) is 0 Å². The van der Waals surface area contributed by atoms with E-state index in [1.165, 1.54) is 22.3 Å². The van der Waals surface area contributed by atoms with Gasteiger partial charge in [-0.15, -0.1) is 0 Å². The van der Waals surface area contributed by atoms with E-state index < -0.39 is 0 Å². The lowest BCUT2D eigenvalue weighted by Crippen LogP contribution is -3.10. The molecule has 2 aromatic carbocycles. The molecule has 2 rings (SSSR count). The Morgan fingerprint density at radius 3 is 1.62 bits per heavy atom.